The lowest BCUT2D eigenvalue weighted by Crippen LogP contribution is -2.57. The van der Waals surface area contributed by atoms with Crippen molar-refractivity contribution in [2.45, 2.75) is 75.5 Å². The van der Waals surface area contributed by atoms with Gasteiger partial charge in [0.2, 0.25) is 23.6 Å². The summed E-state index contributed by atoms with van der Waals surface area (Å²) in [6.07, 6.45) is -0.182. The largest absolute Gasteiger partial charge is 0.508 e. The fourth-order valence-electron chi connectivity index (χ4n) is 3.62. The Morgan fingerprint density at radius 3 is 1.88 bits per heavy atom. The molecule has 0 saturated heterocycles. The molecule has 15 heteroatoms. The van der Waals surface area contributed by atoms with E-state index in [0.717, 1.165) is 0 Å². The average Bonchev–Trinajstić information content (AvgIpc) is 2.89. The number of amides is 4. The van der Waals surface area contributed by atoms with Crippen molar-refractivity contribution in [2.24, 2.45) is 17.2 Å². The lowest BCUT2D eigenvalue weighted by molar-refractivity contribution is -0.142. The number of hydrogen-bond donors (Lipinski definition) is 9. The first kappa shape index (κ1) is 33.8. The number of carboxylic acid groups (broad SMARTS) is 2. The molecule has 4 unspecified atom stereocenters. The van der Waals surface area contributed by atoms with Gasteiger partial charge in [0.1, 0.15) is 23.9 Å². The Hall–Kier alpha value is -4.24. The summed E-state index contributed by atoms with van der Waals surface area (Å²) in [6.45, 7) is 0.345. The molecule has 4 amide bonds. The number of carbonyl (C=O) groups is 6. The molecular weight excluding hydrogens is 528 g/mol. The fraction of sp³-hybridized carbons (Fsp3) is 0.520. The minimum atomic E-state index is -1.37. The number of benzene rings is 1. The maximum Gasteiger partial charge on any atom is 0.326 e. The van der Waals surface area contributed by atoms with Crippen LogP contribution in [-0.4, -0.2) is 81.6 Å². The third-order valence-electron chi connectivity index (χ3n) is 5.89. The van der Waals surface area contributed by atoms with Crippen LogP contribution in [0, 0.1) is 0 Å². The summed E-state index contributed by atoms with van der Waals surface area (Å²) >= 11 is 0. The Bertz CT molecular complexity index is 1030. The monoisotopic (exact) mass is 566 g/mol. The number of aliphatic carboxylic acids is 2. The van der Waals surface area contributed by atoms with Gasteiger partial charge in [-0.05, 0) is 56.3 Å². The van der Waals surface area contributed by atoms with Gasteiger partial charge in [-0.3, -0.25) is 24.0 Å². The van der Waals surface area contributed by atoms with Gasteiger partial charge in [0.25, 0.3) is 0 Å². The molecule has 1 aromatic rings. The summed E-state index contributed by atoms with van der Waals surface area (Å²) in [7, 11) is 0. The number of hydrogen-bond acceptors (Lipinski definition) is 9. The van der Waals surface area contributed by atoms with Crippen LogP contribution in [-0.2, 0) is 35.2 Å². The predicted molar refractivity (Wildman–Crippen MR) is 141 cm³/mol. The molecular formula is C25H38N6O9. The quantitative estimate of drug-likeness (QED) is 0.0830. The zero-order chi connectivity index (χ0) is 30.2. The normalized spacial score (nSPS) is 13.8. The van der Waals surface area contributed by atoms with Crippen molar-refractivity contribution in [3.8, 4) is 5.75 Å². The summed E-state index contributed by atoms with van der Waals surface area (Å²) in [5, 5.41) is 35.2. The first-order valence-electron chi connectivity index (χ1n) is 12.7. The van der Waals surface area contributed by atoms with Gasteiger partial charge < -0.3 is 48.5 Å². The Balaban J connectivity index is 3.15. The molecule has 0 aromatic heterocycles. The summed E-state index contributed by atoms with van der Waals surface area (Å²) in [5.41, 5.74) is 16.9. The molecule has 222 valence electrons. The third kappa shape index (κ3) is 13.0. The first-order chi connectivity index (χ1) is 18.8. The number of primary amides is 1. The highest BCUT2D eigenvalue weighted by Crippen LogP contribution is 2.13. The highest BCUT2D eigenvalue weighted by atomic mass is 16.4. The van der Waals surface area contributed by atoms with Gasteiger partial charge in [0, 0.05) is 19.3 Å². The van der Waals surface area contributed by atoms with Gasteiger partial charge in [-0.25, -0.2) is 4.79 Å². The van der Waals surface area contributed by atoms with Gasteiger partial charge in [-0.15, -0.1) is 0 Å². The maximum absolute atomic E-state index is 13.2. The summed E-state index contributed by atoms with van der Waals surface area (Å²) in [4.78, 5) is 72.7. The topological polar surface area (TPSA) is 277 Å². The van der Waals surface area contributed by atoms with E-state index in [1.54, 1.807) is 0 Å². The van der Waals surface area contributed by atoms with E-state index in [1.807, 2.05) is 0 Å². The van der Waals surface area contributed by atoms with E-state index in [4.69, 9.17) is 22.3 Å². The van der Waals surface area contributed by atoms with Crippen LogP contribution in [0.4, 0.5) is 0 Å². The lowest BCUT2D eigenvalue weighted by atomic mass is 10.0. The van der Waals surface area contributed by atoms with Crippen LogP contribution in [0.2, 0.25) is 0 Å². The molecule has 4 atom stereocenters. The molecule has 0 spiro atoms. The molecule has 0 aliphatic carbocycles. The highest BCUT2D eigenvalue weighted by molar-refractivity contribution is 5.94. The lowest BCUT2D eigenvalue weighted by Gasteiger charge is -2.25. The molecule has 0 radical (unpaired) electrons. The van der Waals surface area contributed by atoms with Crippen molar-refractivity contribution in [1.29, 1.82) is 0 Å². The molecule has 0 saturated carbocycles. The number of nitrogens with two attached hydrogens (primary N) is 3. The van der Waals surface area contributed by atoms with Crippen LogP contribution in [0.5, 0.6) is 5.75 Å². The second kappa shape index (κ2) is 17.4. The standard InChI is InChI=1S/C25H38N6O9/c26-12-2-1-3-18(25(39)40)30-24(38)19(13-14-4-6-15(32)7-5-14)31-23(37)17(9-10-20(28)33)29-22(36)16(27)8-11-21(34)35/h4-7,16-19,32H,1-3,8-13,26-27H2,(H2,28,33)(H,29,36)(H,30,38)(H,31,37)(H,34,35)(H,39,40). The van der Waals surface area contributed by atoms with E-state index in [0.29, 0.717) is 24.9 Å². The van der Waals surface area contributed by atoms with E-state index >= 15 is 0 Å². The summed E-state index contributed by atoms with van der Waals surface area (Å²) in [5.74, 6) is -5.79. The fourth-order valence-corrected chi connectivity index (χ4v) is 3.62. The Labute approximate surface area is 230 Å². The molecule has 1 aromatic carbocycles. The van der Waals surface area contributed by atoms with Crippen LogP contribution >= 0.6 is 0 Å². The molecule has 0 bridgehead atoms. The predicted octanol–water partition coefficient (Wildman–Crippen LogP) is -1.94. The van der Waals surface area contributed by atoms with Crippen molar-refractivity contribution in [2.75, 3.05) is 6.54 Å². The molecule has 0 aliphatic rings. The Morgan fingerprint density at radius 2 is 1.32 bits per heavy atom. The Kier molecular flexibility index (Phi) is 14.7. The van der Waals surface area contributed by atoms with E-state index < -0.39 is 66.2 Å². The van der Waals surface area contributed by atoms with Gasteiger partial charge in [-0.1, -0.05) is 12.1 Å². The van der Waals surface area contributed by atoms with Crippen LogP contribution < -0.4 is 33.2 Å². The Morgan fingerprint density at radius 1 is 0.750 bits per heavy atom. The zero-order valence-electron chi connectivity index (χ0n) is 22.0. The molecule has 15 nitrogen and oxygen atoms in total. The smallest absolute Gasteiger partial charge is 0.326 e. The van der Waals surface area contributed by atoms with E-state index in [-0.39, 0.29) is 37.9 Å². The minimum Gasteiger partial charge on any atom is -0.508 e. The highest BCUT2D eigenvalue weighted by Gasteiger charge is 2.30. The SMILES string of the molecule is NCCCCC(NC(=O)C(Cc1ccc(O)cc1)NC(=O)C(CCC(N)=O)NC(=O)C(N)CCC(=O)O)C(=O)O. The van der Waals surface area contributed by atoms with Crippen LogP contribution in [0.3, 0.4) is 0 Å². The number of aromatic hydroxyl groups is 1. The number of phenols is 1. The molecule has 0 aliphatic heterocycles. The maximum atomic E-state index is 13.2. The zero-order valence-corrected chi connectivity index (χ0v) is 22.0. The van der Waals surface area contributed by atoms with E-state index in [1.165, 1.54) is 24.3 Å². The molecule has 12 N–H and O–H groups in total. The van der Waals surface area contributed by atoms with Gasteiger partial charge in [-0.2, -0.15) is 0 Å². The van der Waals surface area contributed by atoms with E-state index in [9.17, 15) is 39.0 Å². The molecule has 0 fully saturated rings. The van der Waals surface area contributed by atoms with Crippen molar-refractivity contribution in [3.05, 3.63) is 29.8 Å². The molecule has 1 rings (SSSR count). The van der Waals surface area contributed by atoms with Crippen LogP contribution in [0.1, 0.15) is 50.5 Å². The third-order valence-corrected chi connectivity index (χ3v) is 5.89. The van der Waals surface area contributed by atoms with Crippen LogP contribution in [0.25, 0.3) is 0 Å². The van der Waals surface area contributed by atoms with Crippen molar-refractivity contribution in [1.82, 2.24) is 16.0 Å². The van der Waals surface area contributed by atoms with Crippen molar-refractivity contribution >= 4 is 35.6 Å². The number of phenolic OH excluding ortho intramolecular Hbond substituents is 1. The number of unbranched alkanes of at least 4 members (excludes halogenated alkanes) is 1. The van der Waals surface area contributed by atoms with E-state index in [2.05, 4.69) is 16.0 Å². The second-order valence-corrected chi connectivity index (χ2v) is 9.22. The van der Waals surface area contributed by atoms with Gasteiger partial charge in [0.05, 0.1) is 6.04 Å². The number of carboxylic acids is 2. The number of carbonyl (C=O) groups excluding carboxylic acids is 4. The first-order valence-corrected chi connectivity index (χ1v) is 12.7. The minimum absolute atomic E-state index is 0.0342. The van der Waals surface area contributed by atoms with Crippen molar-refractivity contribution in [3.63, 3.8) is 0 Å². The molecule has 0 heterocycles. The number of rotatable bonds is 19. The number of nitrogens with one attached hydrogen (secondary N) is 3. The van der Waals surface area contributed by atoms with Crippen LogP contribution in [0.15, 0.2) is 24.3 Å². The van der Waals surface area contributed by atoms with Gasteiger partial charge >= 0.3 is 11.9 Å². The van der Waals surface area contributed by atoms with Crippen molar-refractivity contribution < 1.29 is 44.1 Å². The second-order valence-electron chi connectivity index (χ2n) is 9.22. The average molecular weight is 567 g/mol. The molecule has 40 heavy (non-hydrogen) atoms. The summed E-state index contributed by atoms with van der Waals surface area (Å²) in [6, 6.07) is 0.544. The van der Waals surface area contributed by atoms with Gasteiger partial charge in [0.15, 0.2) is 0 Å². The summed E-state index contributed by atoms with van der Waals surface area (Å²) < 4.78 is 0.